The largest absolute Gasteiger partial charge is 0.455 e. The first-order valence-electron chi connectivity index (χ1n) is 12.1. The number of fused-ring (bicyclic) bond motifs is 1. The summed E-state index contributed by atoms with van der Waals surface area (Å²) < 4.78 is 7.83. The molecule has 2 aromatic heterocycles. The van der Waals surface area contributed by atoms with Gasteiger partial charge in [-0.1, -0.05) is 36.4 Å². The van der Waals surface area contributed by atoms with Crippen molar-refractivity contribution in [1.82, 2.24) is 20.0 Å². The first kappa shape index (κ1) is 23.5. The van der Waals surface area contributed by atoms with Gasteiger partial charge >= 0.3 is 0 Å². The molecule has 3 heterocycles. The van der Waals surface area contributed by atoms with Crippen molar-refractivity contribution in [2.75, 3.05) is 19.6 Å². The molecule has 36 heavy (non-hydrogen) atoms. The summed E-state index contributed by atoms with van der Waals surface area (Å²) >= 11 is 0. The number of carbonyl (C=O) groups excluding carboxylic acids is 2. The fraction of sp³-hybridized carbons (Fsp3) is 0.286. The van der Waals surface area contributed by atoms with Crippen molar-refractivity contribution in [3.05, 3.63) is 87.8 Å². The zero-order valence-corrected chi connectivity index (χ0v) is 20.4. The smallest absolute Gasteiger partial charge is 0.257 e. The van der Waals surface area contributed by atoms with Gasteiger partial charge in [-0.15, -0.1) is 0 Å². The molecular formula is C28H28N4O4. The van der Waals surface area contributed by atoms with E-state index in [9.17, 15) is 14.4 Å². The minimum atomic E-state index is -0.149. The SMILES string of the molecule is Cc1c(-c2ccccc2)oc2c(C(=O)N3CCC(CNC(=O)c4cnn(C)c4)CC3)cccc2c1=O. The average Bonchev–Trinajstić information content (AvgIpc) is 3.35. The number of likely N-dealkylation sites (tertiary alicyclic amines) is 1. The molecule has 0 bridgehead atoms. The minimum absolute atomic E-state index is 0.132. The van der Waals surface area contributed by atoms with Crippen LogP contribution >= 0.6 is 0 Å². The molecule has 0 aliphatic carbocycles. The van der Waals surface area contributed by atoms with E-state index < -0.39 is 0 Å². The number of para-hydroxylation sites is 1. The lowest BCUT2D eigenvalue weighted by Gasteiger charge is -2.32. The Bertz CT molecular complexity index is 1480. The molecule has 5 rings (SSSR count). The van der Waals surface area contributed by atoms with E-state index in [0.29, 0.717) is 53.1 Å². The molecular weight excluding hydrogens is 456 g/mol. The third kappa shape index (κ3) is 4.54. The number of rotatable bonds is 5. The van der Waals surface area contributed by atoms with Gasteiger partial charge in [-0.05, 0) is 37.8 Å². The second-order valence-corrected chi connectivity index (χ2v) is 9.28. The molecule has 4 aromatic rings. The van der Waals surface area contributed by atoms with Crippen molar-refractivity contribution in [2.45, 2.75) is 19.8 Å². The predicted molar refractivity (Wildman–Crippen MR) is 137 cm³/mol. The molecule has 2 aromatic carbocycles. The summed E-state index contributed by atoms with van der Waals surface area (Å²) in [6.45, 7) is 3.45. The summed E-state index contributed by atoms with van der Waals surface area (Å²) in [5.41, 5.74) is 2.44. The monoisotopic (exact) mass is 484 g/mol. The van der Waals surface area contributed by atoms with Gasteiger partial charge in [-0.25, -0.2) is 0 Å². The standard InChI is InChI=1S/C28H28N4O4/c1-18-24(33)22-9-6-10-23(26(22)36-25(18)20-7-4-3-5-8-20)28(35)32-13-11-19(12-14-32)15-29-27(34)21-16-30-31(2)17-21/h3-10,16-17,19H,11-15H2,1-2H3,(H,29,34). The van der Waals surface area contributed by atoms with Gasteiger partial charge in [0.1, 0.15) is 5.76 Å². The Morgan fingerprint density at radius 1 is 1.08 bits per heavy atom. The number of aryl methyl sites for hydroxylation is 1. The first-order chi connectivity index (χ1) is 17.4. The number of benzene rings is 2. The summed E-state index contributed by atoms with van der Waals surface area (Å²) in [4.78, 5) is 40.7. The number of aromatic nitrogens is 2. The lowest BCUT2D eigenvalue weighted by Crippen LogP contribution is -2.41. The third-order valence-electron chi connectivity index (χ3n) is 6.83. The highest BCUT2D eigenvalue weighted by atomic mass is 16.3. The van der Waals surface area contributed by atoms with Crippen molar-refractivity contribution in [2.24, 2.45) is 13.0 Å². The van der Waals surface area contributed by atoms with Crippen molar-refractivity contribution >= 4 is 22.8 Å². The van der Waals surface area contributed by atoms with Crippen LogP contribution in [0.5, 0.6) is 0 Å². The van der Waals surface area contributed by atoms with Gasteiger partial charge in [0.05, 0.1) is 22.7 Å². The Morgan fingerprint density at radius 3 is 2.53 bits per heavy atom. The fourth-order valence-electron chi connectivity index (χ4n) is 4.73. The lowest BCUT2D eigenvalue weighted by atomic mass is 9.96. The molecule has 1 aliphatic heterocycles. The number of hydrogen-bond donors (Lipinski definition) is 1. The number of hydrogen-bond acceptors (Lipinski definition) is 5. The highest BCUT2D eigenvalue weighted by Gasteiger charge is 2.27. The van der Waals surface area contributed by atoms with E-state index >= 15 is 0 Å². The number of piperidine rings is 1. The van der Waals surface area contributed by atoms with Crippen LogP contribution in [-0.4, -0.2) is 46.1 Å². The molecule has 0 spiro atoms. The molecule has 1 N–H and O–H groups in total. The minimum Gasteiger partial charge on any atom is -0.455 e. The van der Waals surface area contributed by atoms with Gasteiger partial charge in [-0.2, -0.15) is 5.10 Å². The molecule has 1 aliphatic rings. The zero-order valence-electron chi connectivity index (χ0n) is 20.4. The maximum absolute atomic E-state index is 13.5. The van der Waals surface area contributed by atoms with Gasteiger partial charge in [0.15, 0.2) is 11.0 Å². The molecule has 184 valence electrons. The number of nitrogens with zero attached hydrogens (tertiary/aromatic N) is 3. The van der Waals surface area contributed by atoms with Gasteiger partial charge in [-0.3, -0.25) is 19.1 Å². The van der Waals surface area contributed by atoms with Crippen molar-refractivity contribution in [1.29, 1.82) is 0 Å². The van der Waals surface area contributed by atoms with Crippen LogP contribution in [0, 0.1) is 12.8 Å². The molecule has 8 heteroatoms. The van der Waals surface area contributed by atoms with Crippen molar-refractivity contribution < 1.29 is 14.0 Å². The van der Waals surface area contributed by atoms with Crippen LogP contribution in [0.3, 0.4) is 0 Å². The Labute approximate surface area is 208 Å². The quantitative estimate of drug-likeness (QED) is 0.465. The zero-order chi connectivity index (χ0) is 25.2. The summed E-state index contributed by atoms with van der Waals surface area (Å²) in [5.74, 6) is 0.477. The molecule has 2 amide bonds. The van der Waals surface area contributed by atoms with Crippen LogP contribution in [0.25, 0.3) is 22.3 Å². The molecule has 0 atom stereocenters. The van der Waals surface area contributed by atoms with Gasteiger partial charge < -0.3 is 14.6 Å². The average molecular weight is 485 g/mol. The van der Waals surface area contributed by atoms with Crippen LogP contribution < -0.4 is 10.7 Å². The highest BCUT2D eigenvalue weighted by Crippen LogP contribution is 2.28. The molecule has 8 nitrogen and oxygen atoms in total. The van der Waals surface area contributed by atoms with Crippen LogP contribution in [0.4, 0.5) is 0 Å². The molecule has 1 saturated heterocycles. The molecule has 1 fully saturated rings. The Hall–Kier alpha value is -4.20. The Morgan fingerprint density at radius 2 is 1.83 bits per heavy atom. The maximum Gasteiger partial charge on any atom is 0.257 e. The number of amides is 2. The van der Waals surface area contributed by atoms with Crippen LogP contribution in [0.2, 0.25) is 0 Å². The maximum atomic E-state index is 13.5. The predicted octanol–water partition coefficient (Wildman–Crippen LogP) is 3.78. The molecule has 0 radical (unpaired) electrons. The first-order valence-corrected chi connectivity index (χ1v) is 12.1. The summed E-state index contributed by atoms with van der Waals surface area (Å²) in [6.07, 6.45) is 4.79. The van der Waals surface area contributed by atoms with Gasteiger partial charge in [0, 0.05) is 44.0 Å². The van der Waals surface area contributed by atoms with Crippen molar-refractivity contribution in [3.8, 4) is 11.3 Å². The summed E-state index contributed by atoms with van der Waals surface area (Å²) in [7, 11) is 1.77. The second-order valence-electron chi connectivity index (χ2n) is 9.28. The van der Waals surface area contributed by atoms with E-state index in [1.807, 2.05) is 30.3 Å². The normalized spacial score (nSPS) is 14.2. The van der Waals surface area contributed by atoms with E-state index in [1.54, 1.807) is 54.1 Å². The fourth-order valence-corrected chi connectivity index (χ4v) is 4.73. The lowest BCUT2D eigenvalue weighted by molar-refractivity contribution is 0.0685. The Kier molecular flexibility index (Phi) is 6.41. The van der Waals surface area contributed by atoms with Crippen LogP contribution in [0.15, 0.2) is 70.1 Å². The van der Waals surface area contributed by atoms with E-state index in [1.165, 1.54) is 0 Å². The van der Waals surface area contributed by atoms with Crippen LogP contribution in [0.1, 0.15) is 39.1 Å². The van der Waals surface area contributed by atoms with Gasteiger partial charge in [0.2, 0.25) is 0 Å². The Balaban J connectivity index is 1.31. The van der Waals surface area contributed by atoms with E-state index in [0.717, 1.165) is 18.4 Å². The third-order valence-corrected chi connectivity index (χ3v) is 6.83. The van der Waals surface area contributed by atoms with E-state index in [-0.39, 0.29) is 23.2 Å². The van der Waals surface area contributed by atoms with E-state index in [4.69, 9.17) is 4.42 Å². The van der Waals surface area contributed by atoms with Crippen LogP contribution in [-0.2, 0) is 7.05 Å². The highest BCUT2D eigenvalue weighted by molar-refractivity contribution is 6.05. The topological polar surface area (TPSA) is 97.4 Å². The number of nitrogens with one attached hydrogen (secondary N) is 1. The summed E-state index contributed by atoms with van der Waals surface area (Å²) in [5, 5.41) is 7.41. The number of carbonyl (C=O) groups is 2. The van der Waals surface area contributed by atoms with Crippen molar-refractivity contribution in [3.63, 3.8) is 0 Å². The molecule has 0 unspecified atom stereocenters. The van der Waals surface area contributed by atoms with E-state index in [2.05, 4.69) is 10.4 Å². The summed E-state index contributed by atoms with van der Waals surface area (Å²) in [6, 6.07) is 14.6. The molecule has 0 saturated carbocycles. The second kappa shape index (κ2) is 9.81. The van der Waals surface area contributed by atoms with Gasteiger partial charge in [0.25, 0.3) is 11.8 Å².